The third-order valence-corrected chi connectivity index (χ3v) is 1.25. The molecule has 0 atom stereocenters. The van der Waals surface area contributed by atoms with Crippen molar-refractivity contribution in [3.8, 4) is 11.8 Å². The van der Waals surface area contributed by atoms with E-state index in [1.165, 1.54) is 6.07 Å². The Morgan fingerprint density at radius 1 is 1.23 bits per heavy atom. The average Bonchev–Trinajstić information content (AvgIpc) is 2.07. The molecule has 0 saturated carbocycles. The van der Waals surface area contributed by atoms with Crippen LogP contribution in [-0.4, -0.2) is 6.54 Å². The monoisotopic (exact) mass is 203 g/mol. The van der Waals surface area contributed by atoms with Crippen molar-refractivity contribution in [3.05, 3.63) is 35.4 Å². The highest BCUT2D eigenvalue weighted by atomic mass is 35.5. The zero-order valence-electron chi connectivity index (χ0n) is 6.68. The van der Waals surface area contributed by atoms with Gasteiger partial charge >= 0.3 is 0 Å². The molecule has 13 heavy (non-hydrogen) atoms. The predicted molar refractivity (Wildman–Crippen MR) is 49.5 cm³/mol. The molecule has 0 fully saturated rings. The van der Waals surface area contributed by atoms with Gasteiger partial charge in [0.15, 0.2) is 11.6 Å². The van der Waals surface area contributed by atoms with Crippen molar-refractivity contribution in [3.63, 3.8) is 0 Å². The first-order valence-corrected chi connectivity index (χ1v) is 3.38. The second kappa shape index (κ2) is 5.52. The Bertz CT molecular complexity index is 341. The summed E-state index contributed by atoms with van der Waals surface area (Å²) in [5.74, 6) is 3.37. The van der Waals surface area contributed by atoms with E-state index in [0.29, 0.717) is 5.56 Å². The molecule has 0 amide bonds. The van der Waals surface area contributed by atoms with E-state index >= 15 is 0 Å². The van der Waals surface area contributed by atoms with Crippen LogP contribution in [0, 0.1) is 23.5 Å². The van der Waals surface area contributed by atoms with E-state index in [4.69, 9.17) is 5.73 Å². The van der Waals surface area contributed by atoms with Crippen molar-refractivity contribution in [1.29, 1.82) is 0 Å². The minimum absolute atomic E-state index is 0. The number of benzene rings is 1. The van der Waals surface area contributed by atoms with Gasteiger partial charge in [-0.15, -0.1) is 12.4 Å². The summed E-state index contributed by atoms with van der Waals surface area (Å²) in [5.41, 5.74) is 5.53. The van der Waals surface area contributed by atoms with E-state index in [9.17, 15) is 8.78 Å². The second-order valence-corrected chi connectivity index (χ2v) is 2.13. The highest BCUT2D eigenvalue weighted by molar-refractivity contribution is 5.85. The second-order valence-electron chi connectivity index (χ2n) is 2.13. The molecule has 2 N–H and O–H groups in total. The Morgan fingerprint density at radius 2 is 1.92 bits per heavy atom. The molecule has 0 spiro atoms. The molecule has 0 bridgehead atoms. The number of hydrogen-bond acceptors (Lipinski definition) is 1. The third-order valence-electron chi connectivity index (χ3n) is 1.25. The van der Waals surface area contributed by atoms with Gasteiger partial charge in [0.1, 0.15) is 0 Å². The molecular formula is C9H8ClF2N. The fourth-order valence-corrected chi connectivity index (χ4v) is 0.727. The maximum atomic E-state index is 12.5. The van der Waals surface area contributed by atoms with Gasteiger partial charge in [0.25, 0.3) is 0 Å². The quantitative estimate of drug-likeness (QED) is 0.639. The van der Waals surface area contributed by atoms with Gasteiger partial charge in [0.2, 0.25) is 0 Å². The molecule has 1 aromatic rings. The number of nitrogens with two attached hydrogens (primary N) is 1. The van der Waals surface area contributed by atoms with Crippen molar-refractivity contribution >= 4 is 12.4 Å². The number of hydrogen-bond donors (Lipinski definition) is 1. The summed E-state index contributed by atoms with van der Waals surface area (Å²) in [7, 11) is 0. The molecule has 0 unspecified atom stereocenters. The first-order chi connectivity index (χ1) is 5.74. The smallest absolute Gasteiger partial charge is 0.160 e. The van der Waals surface area contributed by atoms with Gasteiger partial charge in [-0.05, 0) is 18.2 Å². The van der Waals surface area contributed by atoms with Gasteiger partial charge in [0, 0.05) is 5.56 Å². The van der Waals surface area contributed by atoms with Crippen LogP contribution in [-0.2, 0) is 0 Å². The fraction of sp³-hybridized carbons (Fsp3) is 0.111. The van der Waals surface area contributed by atoms with E-state index in [2.05, 4.69) is 11.8 Å². The Labute approximate surface area is 81.3 Å². The van der Waals surface area contributed by atoms with Gasteiger partial charge in [-0.25, -0.2) is 8.78 Å². The minimum atomic E-state index is -0.890. The van der Waals surface area contributed by atoms with Gasteiger partial charge in [-0.1, -0.05) is 11.8 Å². The highest BCUT2D eigenvalue weighted by Gasteiger charge is 1.99. The molecule has 0 aromatic heterocycles. The van der Waals surface area contributed by atoms with Crippen LogP contribution >= 0.6 is 12.4 Å². The topological polar surface area (TPSA) is 26.0 Å². The standard InChI is InChI=1S/C9H7F2N.ClH/c10-8-4-3-7(2-1-5-12)6-9(8)11;/h3-4,6H,5,12H2;1H. The summed E-state index contributed by atoms with van der Waals surface area (Å²) in [4.78, 5) is 0. The summed E-state index contributed by atoms with van der Waals surface area (Å²) in [6, 6.07) is 3.48. The van der Waals surface area contributed by atoms with Crippen molar-refractivity contribution in [1.82, 2.24) is 0 Å². The van der Waals surface area contributed by atoms with E-state index in [1.54, 1.807) is 0 Å². The molecule has 0 radical (unpaired) electrons. The van der Waals surface area contributed by atoms with Gasteiger partial charge in [-0.2, -0.15) is 0 Å². The van der Waals surface area contributed by atoms with E-state index < -0.39 is 11.6 Å². The molecule has 0 aliphatic rings. The van der Waals surface area contributed by atoms with E-state index in [-0.39, 0.29) is 19.0 Å². The lowest BCUT2D eigenvalue weighted by Crippen LogP contribution is -1.93. The zero-order chi connectivity index (χ0) is 8.97. The number of halogens is 3. The highest BCUT2D eigenvalue weighted by Crippen LogP contribution is 2.06. The van der Waals surface area contributed by atoms with Crippen LogP contribution in [0.2, 0.25) is 0 Å². The molecule has 0 aliphatic carbocycles. The molecule has 0 saturated heterocycles. The molecule has 1 nitrogen and oxygen atoms in total. The van der Waals surface area contributed by atoms with Gasteiger partial charge in [-0.3, -0.25) is 0 Å². The molecular weight excluding hydrogens is 196 g/mol. The van der Waals surface area contributed by atoms with Gasteiger partial charge < -0.3 is 5.73 Å². The predicted octanol–water partition coefficient (Wildman–Crippen LogP) is 1.70. The van der Waals surface area contributed by atoms with Crippen LogP contribution < -0.4 is 5.73 Å². The van der Waals surface area contributed by atoms with Crippen LogP contribution in [0.5, 0.6) is 0 Å². The van der Waals surface area contributed by atoms with Crippen molar-refractivity contribution < 1.29 is 8.78 Å². The summed E-state index contributed by atoms with van der Waals surface area (Å²) < 4.78 is 24.9. The lowest BCUT2D eigenvalue weighted by atomic mass is 10.2. The zero-order valence-corrected chi connectivity index (χ0v) is 7.50. The fourth-order valence-electron chi connectivity index (χ4n) is 0.727. The Morgan fingerprint density at radius 3 is 2.46 bits per heavy atom. The maximum absolute atomic E-state index is 12.5. The third kappa shape index (κ3) is 3.41. The normalized spacial score (nSPS) is 8.23. The van der Waals surface area contributed by atoms with Gasteiger partial charge in [0.05, 0.1) is 6.54 Å². The van der Waals surface area contributed by atoms with Crippen LogP contribution in [0.4, 0.5) is 8.78 Å². The van der Waals surface area contributed by atoms with Crippen LogP contribution in [0.15, 0.2) is 18.2 Å². The SMILES string of the molecule is Cl.NCC#Cc1ccc(F)c(F)c1. The van der Waals surface area contributed by atoms with E-state index in [1.807, 2.05) is 0 Å². The Hall–Kier alpha value is -1.11. The van der Waals surface area contributed by atoms with Crippen LogP contribution in [0.25, 0.3) is 0 Å². The average molecular weight is 204 g/mol. The van der Waals surface area contributed by atoms with Crippen LogP contribution in [0.1, 0.15) is 5.56 Å². The van der Waals surface area contributed by atoms with Crippen molar-refractivity contribution in [2.75, 3.05) is 6.54 Å². The number of rotatable bonds is 0. The minimum Gasteiger partial charge on any atom is -0.320 e. The summed E-state index contributed by atoms with van der Waals surface area (Å²) in [6.07, 6.45) is 0. The Balaban J connectivity index is 0.00000144. The molecule has 4 heteroatoms. The summed E-state index contributed by atoms with van der Waals surface area (Å²) in [6.45, 7) is 0.207. The van der Waals surface area contributed by atoms with Crippen molar-refractivity contribution in [2.24, 2.45) is 5.73 Å². The summed E-state index contributed by atoms with van der Waals surface area (Å²) in [5, 5.41) is 0. The maximum Gasteiger partial charge on any atom is 0.160 e. The summed E-state index contributed by atoms with van der Waals surface area (Å²) >= 11 is 0. The lowest BCUT2D eigenvalue weighted by molar-refractivity contribution is 0.508. The molecule has 1 rings (SSSR count). The molecule has 70 valence electrons. The lowest BCUT2D eigenvalue weighted by Gasteiger charge is -1.92. The van der Waals surface area contributed by atoms with Crippen LogP contribution in [0.3, 0.4) is 0 Å². The molecule has 1 aromatic carbocycles. The largest absolute Gasteiger partial charge is 0.320 e. The first-order valence-electron chi connectivity index (χ1n) is 3.38. The molecule has 0 aliphatic heterocycles. The Kier molecular flexibility index (Phi) is 5.05. The van der Waals surface area contributed by atoms with Crippen molar-refractivity contribution in [2.45, 2.75) is 0 Å². The van der Waals surface area contributed by atoms with E-state index in [0.717, 1.165) is 12.1 Å². The molecule has 0 heterocycles. The first kappa shape index (κ1) is 11.9.